The van der Waals surface area contributed by atoms with Gasteiger partial charge < -0.3 is 56.8 Å². The third-order valence-corrected chi connectivity index (χ3v) is 14.8. The molecule has 2 unspecified atom stereocenters. The first kappa shape index (κ1) is 56.8. The average molecular weight is 1030 g/mol. The maximum absolute atomic E-state index is 13.0. The van der Waals surface area contributed by atoms with E-state index in [2.05, 4.69) is 48.2 Å². The number of hydrogen-bond donors (Lipinski definition) is 0. The van der Waals surface area contributed by atoms with E-state index in [-0.39, 0.29) is 38.0 Å². The molecule has 6 rings (SSSR count). The van der Waals surface area contributed by atoms with Crippen LogP contribution in [-0.4, -0.2) is 133 Å². The van der Waals surface area contributed by atoms with E-state index in [4.69, 9.17) is 56.8 Å². The highest BCUT2D eigenvalue weighted by molar-refractivity contribution is 5.70. The zero-order valence-corrected chi connectivity index (χ0v) is 45.7. The van der Waals surface area contributed by atoms with E-state index in [0.29, 0.717) is 109 Å². The summed E-state index contributed by atoms with van der Waals surface area (Å²) in [5.41, 5.74) is 5.67. The molecule has 2 heterocycles. The molecule has 0 radical (unpaired) electrons. The number of carbonyl (C=O) groups excluding carboxylic acids is 2. The van der Waals surface area contributed by atoms with Gasteiger partial charge in [-0.05, 0) is 160 Å². The first-order valence-corrected chi connectivity index (χ1v) is 25.3. The highest BCUT2D eigenvalue weighted by atomic mass is 16.6. The largest absolute Gasteiger partial charge is 0.493 e. The Labute approximate surface area is 438 Å². The minimum Gasteiger partial charge on any atom is -0.493 e. The molecule has 0 spiro atoms. The minimum atomic E-state index is -0.486. The van der Waals surface area contributed by atoms with Gasteiger partial charge in [0, 0.05) is 25.9 Å². The molecule has 2 atom stereocenters. The van der Waals surface area contributed by atoms with Gasteiger partial charge in [-0.1, -0.05) is 12.2 Å². The molecule has 0 bridgehead atoms. The lowest BCUT2D eigenvalue weighted by atomic mass is 9.73. The van der Waals surface area contributed by atoms with Gasteiger partial charge in [-0.15, -0.1) is 0 Å². The molecular weight excluding hydrogens is 949 g/mol. The van der Waals surface area contributed by atoms with Crippen molar-refractivity contribution in [2.24, 2.45) is 0 Å². The SMILES string of the molecule is COc1cc2c(cc1OC)C(CCCOC(=O)CCC=CCCC(=O)OCCCC1(Cc3cc(OC)c(OC)c(OC)c3)c3cc(OC)c(OC)cc3CCN1C)(Cc1cc(OC)c(OC)c(OC)c1)N(C)CC2. The fourth-order valence-corrected chi connectivity index (χ4v) is 10.9. The standard InChI is InChI=1S/C58H78N2O14/c1-59-25-21-41-33-45(63-3)47(65-5)35-43(41)57(59,37-39-29-49(67-7)55(71-11)50(30-39)68-8)23-17-27-73-53(61)19-15-13-14-16-20-54(62)74-28-18-24-58(38-40-31-51(69-9)56(72-12)52(32-40)70-10)44-36-48(66-6)46(64-4)34-42(44)22-26-60(58)2/h13-14,29-36H,15-28,37-38H2,1-12H3. The number of rotatable bonds is 28. The molecule has 16 nitrogen and oxygen atoms in total. The second-order valence-corrected chi connectivity index (χ2v) is 18.8. The number of fused-ring (bicyclic) bond motifs is 2. The van der Waals surface area contributed by atoms with Crippen LogP contribution in [0, 0.1) is 0 Å². The predicted octanol–water partition coefficient (Wildman–Crippen LogP) is 9.09. The van der Waals surface area contributed by atoms with Crippen molar-refractivity contribution >= 4 is 11.9 Å². The van der Waals surface area contributed by atoms with Crippen LogP contribution in [0.4, 0.5) is 0 Å². The molecule has 4 aromatic carbocycles. The van der Waals surface area contributed by atoms with E-state index in [0.717, 1.165) is 48.2 Å². The van der Waals surface area contributed by atoms with E-state index in [9.17, 15) is 9.59 Å². The molecule has 0 amide bonds. The number of benzene rings is 4. The summed E-state index contributed by atoms with van der Waals surface area (Å²) >= 11 is 0. The number of ether oxygens (including phenoxy) is 12. The van der Waals surface area contributed by atoms with Crippen LogP contribution in [0.1, 0.15) is 84.7 Å². The molecule has 74 heavy (non-hydrogen) atoms. The monoisotopic (exact) mass is 1030 g/mol. The van der Waals surface area contributed by atoms with Crippen molar-refractivity contribution < 1.29 is 66.4 Å². The van der Waals surface area contributed by atoms with Crippen LogP contribution < -0.4 is 47.4 Å². The van der Waals surface area contributed by atoms with Crippen molar-refractivity contribution in [3.05, 3.63) is 94.1 Å². The smallest absolute Gasteiger partial charge is 0.306 e. The third kappa shape index (κ3) is 12.7. The second-order valence-electron chi connectivity index (χ2n) is 18.8. The molecule has 2 aliphatic rings. The number of methoxy groups -OCH3 is 10. The van der Waals surface area contributed by atoms with Crippen LogP contribution in [0.15, 0.2) is 60.7 Å². The number of allylic oxidation sites excluding steroid dienone is 2. The first-order valence-electron chi connectivity index (χ1n) is 25.3. The fraction of sp³-hybridized carbons (Fsp3) is 0.517. The lowest BCUT2D eigenvalue weighted by Gasteiger charge is -2.47. The second kappa shape index (κ2) is 26.6. The summed E-state index contributed by atoms with van der Waals surface area (Å²) in [5.74, 6) is 5.51. The molecule has 0 saturated carbocycles. The van der Waals surface area contributed by atoms with E-state index in [1.54, 1.807) is 71.1 Å². The zero-order chi connectivity index (χ0) is 53.4. The van der Waals surface area contributed by atoms with Crippen molar-refractivity contribution in [1.29, 1.82) is 0 Å². The van der Waals surface area contributed by atoms with Crippen LogP contribution >= 0.6 is 0 Å². The average Bonchev–Trinajstić information content (AvgIpc) is 3.42. The van der Waals surface area contributed by atoms with Crippen LogP contribution in [0.2, 0.25) is 0 Å². The number of nitrogens with zero attached hydrogens (tertiary/aromatic N) is 2. The molecule has 0 saturated heterocycles. The Kier molecular flexibility index (Phi) is 20.4. The van der Waals surface area contributed by atoms with E-state index < -0.39 is 11.1 Å². The van der Waals surface area contributed by atoms with Crippen LogP contribution in [0.3, 0.4) is 0 Å². The van der Waals surface area contributed by atoms with Gasteiger partial charge in [-0.3, -0.25) is 19.4 Å². The summed E-state index contributed by atoms with van der Waals surface area (Å²) in [5, 5.41) is 0. The van der Waals surface area contributed by atoms with E-state index in [1.807, 2.05) is 36.4 Å². The Morgan fingerprint density at radius 2 is 0.784 bits per heavy atom. The first-order chi connectivity index (χ1) is 35.8. The van der Waals surface area contributed by atoms with Gasteiger partial charge in [0.2, 0.25) is 11.5 Å². The van der Waals surface area contributed by atoms with Crippen LogP contribution in [0.5, 0.6) is 57.5 Å². The van der Waals surface area contributed by atoms with Crippen molar-refractivity contribution in [2.45, 2.75) is 88.1 Å². The Morgan fingerprint density at radius 3 is 1.09 bits per heavy atom. The van der Waals surface area contributed by atoms with Crippen molar-refractivity contribution in [3.63, 3.8) is 0 Å². The van der Waals surface area contributed by atoms with E-state index in [1.165, 1.54) is 11.1 Å². The maximum atomic E-state index is 13.0. The minimum absolute atomic E-state index is 0.228. The third-order valence-electron chi connectivity index (χ3n) is 14.8. The summed E-state index contributed by atoms with van der Waals surface area (Å²) < 4.78 is 68.8. The maximum Gasteiger partial charge on any atom is 0.306 e. The number of carbonyl (C=O) groups is 2. The van der Waals surface area contributed by atoms with E-state index >= 15 is 0 Å². The highest BCUT2D eigenvalue weighted by Crippen LogP contribution is 2.49. The summed E-state index contributed by atoms with van der Waals surface area (Å²) in [7, 11) is 20.5. The summed E-state index contributed by atoms with van der Waals surface area (Å²) in [6.07, 6.45) is 10.8. The molecule has 404 valence electrons. The fourth-order valence-electron chi connectivity index (χ4n) is 10.9. The van der Waals surface area contributed by atoms with Crippen molar-refractivity contribution in [2.75, 3.05) is 111 Å². The quantitative estimate of drug-likeness (QED) is 0.0302. The molecule has 16 heteroatoms. The lowest BCUT2D eigenvalue weighted by molar-refractivity contribution is -0.144. The van der Waals surface area contributed by atoms with Crippen LogP contribution in [-0.2, 0) is 55.8 Å². The lowest BCUT2D eigenvalue weighted by Crippen LogP contribution is -2.50. The topological polar surface area (TPSA) is 151 Å². The van der Waals surface area contributed by atoms with Crippen molar-refractivity contribution in [3.8, 4) is 57.5 Å². The number of likely N-dealkylation sites (N-methyl/N-ethyl adjacent to an activating group) is 2. The summed E-state index contributed by atoms with van der Waals surface area (Å²) in [6.45, 7) is 2.16. The van der Waals surface area contributed by atoms with Crippen molar-refractivity contribution in [1.82, 2.24) is 9.80 Å². The Hall–Kier alpha value is -6.52. The Balaban J connectivity index is 1.02. The van der Waals surface area contributed by atoms with Gasteiger partial charge >= 0.3 is 11.9 Å². The highest BCUT2D eigenvalue weighted by Gasteiger charge is 2.43. The molecule has 4 aromatic rings. The Bertz CT molecular complexity index is 2340. The molecular formula is C58H78N2O14. The van der Waals surface area contributed by atoms with Gasteiger partial charge in [0.05, 0.1) is 95.4 Å². The number of esters is 2. The molecule has 0 fully saturated rings. The summed E-state index contributed by atoms with van der Waals surface area (Å²) in [4.78, 5) is 30.8. The van der Waals surface area contributed by atoms with Gasteiger partial charge in [-0.2, -0.15) is 0 Å². The number of hydrogen-bond acceptors (Lipinski definition) is 16. The Morgan fingerprint density at radius 1 is 0.459 bits per heavy atom. The molecule has 2 aliphatic heterocycles. The zero-order valence-electron chi connectivity index (χ0n) is 45.7. The molecule has 0 aliphatic carbocycles. The molecule has 0 aromatic heterocycles. The molecule has 0 N–H and O–H groups in total. The normalized spacial score (nSPS) is 17.4. The van der Waals surface area contributed by atoms with Gasteiger partial charge in [0.15, 0.2) is 46.0 Å². The predicted molar refractivity (Wildman–Crippen MR) is 283 cm³/mol. The van der Waals surface area contributed by atoms with Crippen LogP contribution in [0.25, 0.3) is 0 Å². The van der Waals surface area contributed by atoms with Gasteiger partial charge in [-0.25, -0.2) is 0 Å². The van der Waals surface area contributed by atoms with Gasteiger partial charge in [0.1, 0.15) is 0 Å². The van der Waals surface area contributed by atoms with Gasteiger partial charge in [0.25, 0.3) is 0 Å². The summed E-state index contributed by atoms with van der Waals surface area (Å²) in [6, 6.07) is 16.3.